The summed E-state index contributed by atoms with van der Waals surface area (Å²) in [4.78, 5) is 108. The van der Waals surface area contributed by atoms with Gasteiger partial charge >= 0.3 is 5.97 Å². The van der Waals surface area contributed by atoms with Crippen LogP contribution in [0.4, 0.5) is 0 Å². The second-order valence-corrected chi connectivity index (χ2v) is 15.6. The molecule has 0 bridgehead atoms. The second kappa shape index (κ2) is 25.6. The Morgan fingerprint density at radius 1 is 0.667 bits per heavy atom. The van der Waals surface area contributed by atoms with Crippen LogP contribution in [0.1, 0.15) is 84.8 Å². The van der Waals surface area contributed by atoms with Crippen LogP contribution in [0.15, 0.2) is 29.3 Å². The van der Waals surface area contributed by atoms with Crippen molar-refractivity contribution in [1.29, 1.82) is 0 Å². The summed E-state index contributed by atoms with van der Waals surface area (Å²) >= 11 is 0. The zero-order valence-corrected chi connectivity index (χ0v) is 35.4. The molecule has 1 aromatic rings. The molecular weight excluding hydrogens is 782 g/mol. The molecule has 1 rings (SSSR count). The van der Waals surface area contributed by atoms with Crippen LogP contribution in [-0.2, 0) is 44.8 Å². The summed E-state index contributed by atoms with van der Waals surface area (Å²) in [5.74, 6) is -8.04. The molecule has 0 saturated carbocycles. The lowest BCUT2D eigenvalue weighted by Crippen LogP contribution is -2.62. The molecule has 0 spiro atoms. The quantitative estimate of drug-likeness (QED) is 0.0257. The van der Waals surface area contributed by atoms with E-state index in [1.165, 1.54) is 13.8 Å². The molecule has 0 fully saturated rings. The van der Waals surface area contributed by atoms with E-state index in [0.717, 1.165) is 5.56 Å². The predicted octanol–water partition coefficient (Wildman–Crippen LogP) is -2.72. The molecule has 0 aromatic heterocycles. The van der Waals surface area contributed by atoms with E-state index in [1.54, 1.807) is 39.8 Å². The van der Waals surface area contributed by atoms with Crippen molar-refractivity contribution in [2.24, 2.45) is 39.8 Å². The van der Waals surface area contributed by atoms with Gasteiger partial charge in [0.2, 0.25) is 41.4 Å². The smallest absolute Gasteiger partial charge is 0.303 e. The lowest BCUT2D eigenvalue weighted by molar-refractivity contribution is -0.139. The number of aliphatic hydroxyl groups is 1. The highest BCUT2D eigenvalue weighted by Gasteiger charge is 2.36. The van der Waals surface area contributed by atoms with Crippen LogP contribution >= 0.6 is 0 Å². The third-order valence-corrected chi connectivity index (χ3v) is 9.21. The minimum atomic E-state index is -1.65. The number of aliphatic carboxylic acids is 1. The average Bonchev–Trinajstić information content (AvgIpc) is 3.15. The van der Waals surface area contributed by atoms with Crippen molar-refractivity contribution in [2.45, 2.75) is 135 Å². The highest BCUT2D eigenvalue weighted by atomic mass is 16.4. The molecule has 1 aromatic carbocycles. The summed E-state index contributed by atoms with van der Waals surface area (Å²) in [6.07, 6.45) is -1.84. The van der Waals surface area contributed by atoms with Gasteiger partial charge in [0.15, 0.2) is 5.96 Å². The average molecular weight is 848 g/mol. The Morgan fingerprint density at radius 3 is 1.70 bits per heavy atom. The summed E-state index contributed by atoms with van der Waals surface area (Å²) < 4.78 is 0. The highest BCUT2D eigenvalue weighted by Crippen LogP contribution is 2.11. The second-order valence-electron chi connectivity index (χ2n) is 15.6. The van der Waals surface area contributed by atoms with Crippen LogP contribution in [0.25, 0.3) is 0 Å². The number of hydrogen-bond acceptors (Lipinski definition) is 11. The molecule has 0 aliphatic carbocycles. The number of hydrogen-bond donors (Lipinski definition) is 12. The van der Waals surface area contributed by atoms with E-state index >= 15 is 0 Å². The third-order valence-electron chi connectivity index (χ3n) is 9.21. The molecule has 8 atom stereocenters. The van der Waals surface area contributed by atoms with E-state index in [9.17, 15) is 48.6 Å². The maximum atomic E-state index is 13.8. The number of aryl methyl sites for hydroxylation is 1. The van der Waals surface area contributed by atoms with Crippen LogP contribution in [-0.4, -0.2) is 118 Å². The molecule has 21 nitrogen and oxygen atoms in total. The van der Waals surface area contributed by atoms with Gasteiger partial charge in [-0.05, 0) is 63.9 Å². The van der Waals surface area contributed by atoms with Crippen LogP contribution in [0, 0.1) is 18.8 Å². The van der Waals surface area contributed by atoms with E-state index in [1.807, 2.05) is 19.1 Å². The summed E-state index contributed by atoms with van der Waals surface area (Å²) in [5, 5.41) is 35.1. The van der Waals surface area contributed by atoms with Gasteiger partial charge in [-0.1, -0.05) is 57.5 Å². The molecule has 21 heteroatoms. The Morgan fingerprint density at radius 2 is 1.18 bits per heavy atom. The Hall–Kier alpha value is -5.83. The van der Waals surface area contributed by atoms with Crippen LogP contribution < -0.4 is 54.8 Å². The van der Waals surface area contributed by atoms with Gasteiger partial charge < -0.3 is 65.0 Å². The van der Waals surface area contributed by atoms with E-state index in [-0.39, 0.29) is 37.7 Å². The number of aliphatic imine (C=N–C) groups is 1. The van der Waals surface area contributed by atoms with E-state index in [2.05, 4.69) is 36.9 Å². The van der Waals surface area contributed by atoms with Crippen molar-refractivity contribution >= 4 is 53.3 Å². The third kappa shape index (κ3) is 19.3. The maximum Gasteiger partial charge on any atom is 0.303 e. The summed E-state index contributed by atoms with van der Waals surface area (Å²) in [6.45, 7) is 11.4. The highest BCUT2D eigenvalue weighted by molar-refractivity contribution is 5.97. The fourth-order valence-electron chi connectivity index (χ4n) is 5.69. The van der Waals surface area contributed by atoms with Crippen molar-refractivity contribution < 1.29 is 48.6 Å². The van der Waals surface area contributed by atoms with Gasteiger partial charge in [-0.15, -0.1) is 0 Å². The number of primary amides is 1. The van der Waals surface area contributed by atoms with Gasteiger partial charge in [0.1, 0.15) is 36.3 Å². The molecule has 7 amide bonds. The molecule has 0 saturated heterocycles. The first-order chi connectivity index (χ1) is 27.9. The van der Waals surface area contributed by atoms with Gasteiger partial charge in [0.05, 0.1) is 12.1 Å². The topological polar surface area (TPSA) is 366 Å². The summed E-state index contributed by atoms with van der Waals surface area (Å²) in [6, 6.07) is -1.96. The van der Waals surface area contributed by atoms with Crippen LogP contribution in [0.5, 0.6) is 0 Å². The predicted molar refractivity (Wildman–Crippen MR) is 222 cm³/mol. The van der Waals surface area contributed by atoms with Gasteiger partial charge in [-0.3, -0.25) is 43.3 Å². The van der Waals surface area contributed by atoms with Gasteiger partial charge in [-0.2, -0.15) is 0 Å². The number of carboxylic acid groups (broad SMARTS) is 1. The lowest BCUT2D eigenvalue weighted by Gasteiger charge is -2.29. The van der Waals surface area contributed by atoms with Crippen molar-refractivity contribution in [3.8, 4) is 0 Å². The first kappa shape index (κ1) is 52.2. The molecule has 0 aliphatic rings. The number of carboxylic acids is 1. The van der Waals surface area contributed by atoms with Gasteiger partial charge in [0.25, 0.3) is 0 Å². The molecule has 0 aliphatic heterocycles. The number of nitrogens with one attached hydrogen (secondary N) is 6. The molecule has 60 heavy (non-hydrogen) atoms. The molecule has 16 N–H and O–H groups in total. The number of carbonyl (C=O) groups excluding carboxylic acids is 7. The van der Waals surface area contributed by atoms with Crippen molar-refractivity contribution in [1.82, 2.24) is 31.9 Å². The number of rotatable bonds is 26. The Labute approximate surface area is 350 Å². The van der Waals surface area contributed by atoms with Gasteiger partial charge in [-0.25, -0.2) is 0 Å². The molecule has 0 heterocycles. The normalized spacial score (nSPS) is 15.1. The van der Waals surface area contributed by atoms with Gasteiger partial charge in [0, 0.05) is 19.4 Å². The van der Waals surface area contributed by atoms with Crippen molar-refractivity contribution in [2.75, 3.05) is 6.54 Å². The van der Waals surface area contributed by atoms with Crippen LogP contribution in [0.2, 0.25) is 0 Å². The molecule has 336 valence electrons. The number of aliphatic hydroxyl groups excluding tert-OH is 1. The van der Waals surface area contributed by atoms with E-state index in [0.29, 0.717) is 12.0 Å². The maximum absolute atomic E-state index is 13.8. The number of benzene rings is 1. The Kier molecular flexibility index (Phi) is 22.3. The van der Waals surface area contributed by atoms with Crippen LogP contribution in [0.3, 0.4) is 0 Å². The zero-order chi connectivity index (χ0) is 45.9. The monoisotopic (exact) mass is 847 g/mol. The van der Waals surface area contributed by atoms with Crippen molar-refractivity contribution in [3.05, 3.63) is 35.4 Å². The lowest BCUT2D eigenvalue weighted by atomic mass is 9.99. The Balaban J connectivity index is 3.31. The van der Waals surface area contributed by atoms with Crippen molar-refractivity contribution in [3.63, 3.8) is 0 Å². The summed E-state index contributed by atoms with van der Waals surface area (Å²) in [7, 11) is 0. The first-order valence-corrected chi connectivity index (χ1v) is 19.8. The minimum absolute atomic E-state index is 0.0204. The van der Waals surface area contributed by atoms with E-state index < -0.39 is 114 Å². The number of guanidine groups is 1. The fourth-order valence-corrected chi connectivity index (χ4v) is 5.69. The minimum Gasteiger partial charge on any atom is -0.481 e. The molecular formula is C39H65N11O10. The fraction of sp³-hybridized carbons (Fsp3) is 0.615. The Bertz CT molecular complexity index is 1670. The number of carbonyl (C=O) groups is 8. The standard InChI is InChI=1S/C39H65N11O10/c1-19(2)17-27(35(57)45-22(6)32(41)54)48-34(56)26(14-15-29(52)53)46-37(59)30(20(3)4)49-38(60)31(23(7)51)50-36(58)28(18-24-12-10-21(5)11-13-24)47-33(55)25(40)9-8-16-44-39(42)43/h10-13,19-20,22-23,25-28,30-31,51H,8-9,14-18,40H2,1-7H3,(H2,41,54)(H,45,57)(H,46,59)(H,47,55)(H,48,56)(H,49,60)(H,50,58)(H,52,53)(H4,42,43,44)/t22-,23-,25-,26-,27?,28?,30?,31?/m1/s1. The SMILES string of the molecule is Cc1ccc(CC(NC(=O)[C@H](N)CCCN=C(N)N)C(=O)NC(C(=O)NC(C(=O)N[C@H](CCC(=O)O)C(=O)NC(CC(C)C)C(=O)N[C@H](C)C(N)=O)C(C)C)[C@@H](C)O)cc1. The number of nitrogens with two attached hydrogens (primary N) is 4. The largest absolute Gasteiger partial charge is 0.481 e. The number of nitrogens with zero attached hydrogens (tertiary/aromatic N) is 1. The zero-order valence-electron chi connectivity index (χ0n) is 35.4. The van der Waals surface area contributed by atoms with E-state index in [4.69, 9.17) is 22.9 Å². The summed E-state index contributed by atoms with van der Waals surface area (Å²) in [5.41, 5.74) is 23.7. The molecule has 0 radical (unpaired) electrons. The molecule has 4 unspecified atom stereocenters. The number of amides is 7. The first-order valence-electron chi connectivity index (χ1n) is 19.8.